The standard InChI is InChI=1S/C17H21O4P/c1-3-21-22(18,17-11-9-16(19-2)10-12-17)14-20-13-15-7-5-4-6-8-15/h4-12H,3,13-14H2,1-2H3. The van der Waals surface area contributed by atoms with Crippen molar-refractivity contribution < 1.29 is 18.6 Å². The molecule has 4 nitrogen and oxygen atoms in total. The van der Waals surface area contributed by atoms with Crippen LogP contribution in [0, 0.1) is 0 Å². The quantitative estimate of drug-likeness (QED) is 0.694. The smallest absolute Gasteiger partial charge is 0.257 e. The Morgan fingerprint density at radius 2 is 1.68 bits per heavy atom. The van der Waals surface area contributed by atoms with E-state index >= 15 is 0 Å². The Hall–Kier alpha value is -1.61. The van der Waals surface area contributed by atoms with Crippen LogP contribution in [-0.2, 0) is 20.4 Å². The predicted molar refractivity (Wildman–Crippen MR) is 88.0 cm³/mol. The van der Waals surface area contributed by atoms with Crippen LogP contribution in [0.4, 0.5) is 0 Å². The highest BCUT2D eigenvalue weighted by Crippen LogP contribution is 2.45. The zero-order chi connectivity index (χ0) is 15.8. The van der Waals surface area contributed by atoms with Crippen molar-refractivity contribution in [3.05, 3.63) is 60.2 Å². The molecule has 0 saturated heterocycles. The summed E-state index contributed by atoms with van der Waals surface area (Å²) in [7, 11) is -1.42. The second-order valence-electron chi connectivity index (χ2n) is 4.75. The minimum atomic E-state index is -3.02. The Balaban J connectivity index is 2.05. The molecule has 2 rings (SSSR count). The average molecular weight is 320 g/mol. The van der Waals surface area contributed by atoms with Crippen molar-refractivity contribution in [2.75, 3.05) is 20.1 Å². The molecule has 0 aliphatic rings. The first-order valence-corrected chi connectivity index (χ1v) is 8.99. The summed E-state index contributed by atoms with van der Waals surface area (Å²) < 4.78 is 29.3. The maximum Gasteiger partial charge on any atom is 0.257 e. The third-order valence-corrected chi connectivity index (χ3v) is 5.46. The summed E-state index contributed by atoms with van der Waals surface area (Å²) >= 11 is 0. The second kappa shape index (κ2) is 8.14. The van der Waals surface area contributed by atoms with Gasteiger partial charge in [-0.2, -0.15) is 0 Å². The number of benzene rings is 2. The molecule has 0 aliphatic heterocycles. The molecule has 0 bridgehead atoms. The average Bonchev–Trinajstić information content (AvgIpc) is 2.56. The topological polar surface area (TPSA) is 44.8 Å². The summed E-state index contributed by atoms with van der Waals surface area (Å²) in [6.07, 6.45) is 0.0576. The molecule has 0 aliphatic carbocycles. The van der Waals surface area contributed by atoms with Crippen molar-refractivity contribution in [3.63, 3.8) is 0 Å². The van der Waals surface area contributed by atoms with E-state index < -0.39 is 7.37 Å². The van der Waals surface area contributed by atoms with Gasteiger partial charge in [0.25, 0.3) is 7.37 Å². The monoisotopic (exact) mass is 320 g/mol. The van der Waals surface area contributed by atoms with Gasteiger partial charge in [-0.25, -0.2) is 0 Å². The maximum absolute atomic E-state index is 13.0. The Morgan fingerprint density at radius 3 is 2.27 bits per heavy atom. The van der Waals surface area contributed by atoms with Gasteiger partial charge in [0, 0.05) is 5.30 Å². The zero-order valence-corrected chi connectivity index (χ0v) is 13.8. The lowest BCUT2D eigenvalue weighted by Crippen LogP contribution is -2.12. The van der Waals surface area contributed by atoms with Gasteiger partial charge in [-0.3, -0.25) is 4.57 Å². The third kappa shape index (κ3) is 4.44. The largest absolute Gasteiger partial charge is 0.497 e. The molecule has 22 heavy (non-hydrogen) atoms. The van der Waals surface area contributed by atoms with E-state index in [2.05, 4.69) is 0 Å². The Kier molecular flexibility index (Phi) is 6.20. The molecule has 0 spiro atoms. The molecule has 1 unspecified atom stereocenters. The van der Waals surface area contributed by atoms with E-state index in [1.54, 1.807) is 31.4 Å². The van der Waals surface area contributed by atoms with Gasteiger partial charge < -0.3 is 14.0 Å². The summed E-state index contributed by atoms with van der Waals surface area (Å²) in [6, 6.07) is 16.9. The van der Waals surface area contributed by atoms with E-state index in [0.29, 0.717) is 18.5 Å². The normalized spacial score (nSPS) is 13.5. The highest BCUT2D eigenvalue weighted by molar-refractivity contribution is 7.66. The van der Waals surface area contributed by atoms with Crippen molar-refractivity contribution in [1.82, 2.24) is 0 Å². The van der Waals surface area contributed by atoms with Gasteiger partial charge in [0.1, 0.15) is 12.1 Å². The van der Waals surface area contributed by atoms with Gasteiger partial charge in [0.15, 0.2) is 0 Å². The molecule has 0 amide bonds. The summed E-state index contributed by atoms with van der Waals surface area (Å²) in [5, 5.41) is 0.642. The minimum absolute atomic E-state index is 0.0576. The fraction of sp³-hybridized carbons (Fsp3) is 0.294. The van der Waals surface area contributed by atoms with E-state index in [1.807, 2.05) is 37.3 Å². The Morgan fingerprint density at radius 1 is 1.00 bits per heavy atom. The van der Waals surface area contributed by atoms with Gasteiger partial charge in [0.2, 0.25) is 0 Å². The zero-order valence-electron chi connectivity index (χ0n) is 12.9. The first kappa shape index (κ1) is 16.8. The van der Waals surface area contributed by atoms with Crippen LogP contribution in [0.2, 0.25) is 0 Å². The molecule has 0 radical (unpaired) electrons. The van der Waals surface area contributed by atoms with Crippen LogP contribution >= 0.6 is 7.37 Å². The number of rotatable bonds is 8. The van der Waals surface area contributed by atoms with Gasteiger partial charge >= 0.3 is 0 Å². The van der Waals surface area contributed by atoms with Crippen LogP contribution in [0.3, 0.4) is 0 Å². The minimum Gasteiger partial charge on any atom is -0.497 e. The molecule has 0 aromatic heterocycles. The number of hydrogen-bond acceptors (Lipinski definition) is 4. The van der Waals surface area contributed by atoms with E-state index in [9.17, 15) is 4.57 Å². The van der Waals surface area contributed by atoms with Crippen molar-refractivity contribution >= 4 is 12.7 Å². The molecule has 0 fully saturated rings. The third-order valence-electron chi connectivity index (χ3n) is 3.18. The van der Waals surface area contributed by atoms with Crippen molar-refractivity contribution in [2.24, 2.45) is 0 Å². The summed E-state index contributed by atoms with van der Waals surface area (Å²) in [4.78, 5) is 0. The lowest BCUT2D eigenvalue weighted by Gasteiger charge is -2.18. The molecular weight excluding hydrogens is 299 g/mol. The molecule has 118 valence electrons. The fourth-order valence-corrected chi connectivity index (χ4v) is 3.79. The van der Waals surface area contributed by atoms with Crippen LogP contribution in [0.15, 0.2) is 54.6 Å². The second-order valence-corrected chi connectivity index (χ2v) is 7.13. The van der Waals surface area contributed by atoms with Crippen LogP contribution in [0.5, 0.6) is 5.75 Å². The SMILES string of the molecule is CCOP(=O)(COCc1ccccc1)c1ccc(OC)cc1. The van der Waals surface area contributed by atoms with E-state index in [0.717, 1.165) is 11.3 Å². The van der Waals surface area contributed by atoms with Crippen LogP contribution in [-0.4, -0.2) is 20.1 Å². The summed E-state index contributed by atoms with van der Waals surface area (Å²) in [5.41, 5.74) is 1.04. The molecule has 0 N–H and O–H groups in total. The lowest BCUT2D eigenvalue weighted by atomic mass is 10.2. The number of ether oxygens (including phenoxy) is 2. The summed E-state index contributed by atoms with van der Waals surface area (Å²) in [5.74, 6) is 0.719. The first-order valence-electron chi connectivity index (χ1n) is 7.18. The predicted octanol–water partition coefficient (Wildman–Crippen LogP) is 3.81. The number of hydrogen-bond donors (Lipinski definition) is 0. The van der Waals surface area contributed by atoms with Crippen LogP contribution in [0.25, 0.3) is 0 Å². The van der Waals surface area contributed by atoms with Crippen molar-refractivity contribution in [3.8, 4) is 5.75 Å². The van der Waals surface area contributed by atoms with Crippen LogP contribution < -0.4 is 10.0 Å². The summed E-state index contributed by atoms with van der Waals surface area (Å²) in [6.45, 7) is 2.61. The maximum atomic E-state index is 13.0. The lowest BCUT2D eigenvalue weighted by molar-refractivity contribution is 0.151. The highest BCUT2D eigenvalue weighted by Gasteiger charge is 2.26. The molecule has 0 heterocycles. The molecule has 2 aromatic rings. The molecule has 1 atom stereocenters. The van der Waals surface area contributed by atoms with Crippen molar-refractivity contribution in [1.29, 1.82) is 0 Å². The van der Waals surface area contributed by atoms with Gasteiger partial charge in [-0.15, -0.1) is 0 Å². The van der Waals surface area contributed by atoms with Gasteiger partial charge in [-0.1, -0.05) is 30.3 Å². The van der Waals surface area contributed by atoms with Crippen LogP contribution in [0.1, 0.15) is 12.5 Å². The first-order chi connectivity index (χ1) is 10.7. The van der Waals surface area contributed by atoms with E-state index in [1.165, 1.54) is 0 Å². The molecule has 2 aromatic carbocycles. The molecular formula is C17H21O4P. The van der Waals surface area contributed by atoms with E-state index in [-0.39, 0.29) is 6.35 Å². The Labute approximate surface area is 131 Å². The molecule has 5 heteroatoms. The number of methoxy groups -OCH3 is 1. The fourth-order valence-electron chi connectivity index (χ4n) is 2.06. The van der Waals surface area contributed by atoms with E-state index in [4.69, 9.17) is 14.0 Å². The Bertz CT molecular complexity index is 610. The van der Waals surface area contributed by atoms with Gasteiger partial charge in [-0.05, 0) is 36.8 Å². The molecule has 0 saturated carbocycles. The van der Waals surface area contributed by atoms with Crippen molar-refractivity contribution in [2.45, 2.75) is 13.5 Å². The van der Waals surface area contributed by atoms with Gasteiger partial charge in [0.05, 0.1) is 20.3 Å². The highest BCUT2D eigenvalue weighted by atomic mass is 31.2.